The summed E-state index contributed by atoms with van der Waals surface area (Å²) in [5.74, 6) is 0. The lowest BCUT2D eigenvalue weighted by atomic mass is 9.95. The summed E-state index contributed by atoms with van der Waals surface area (Å²) in [4.78, 5) is 13.7. The van der Waals surface area contributed by atoms with Crippen molar-refractivity contribution in [3.8, 4) is 0 Å². The van der Waals surface area contributed by atoms with Crippen molar-refractivity contribution in [2.24, 2.45) is 0 Å². The average molecular weight is 279 g/mol. The van der Waals surface area contributed by atoms with Crippen molar-refractivity contribution in [2.45, 2.75) is 59.3 Å². The van der Waals surface area contributed by atoms with Gasteiger partial charge in [-0.15, -0.1) is 0 Å². The minimum atomic E-state index is -0.177. The summed E-state index contributed by atoms with van der Waals surface area (Å²) in [5.41, 5.74) is 2.76. The van der Waals surface area contributed by atoms with E-state index in [1.54, 1.807) is 0 Å². The van der Waals surface area contributed by atoms with Crippen LogP contribution in [0.25, 0.3) is 0 Å². The molecular weight excluding hydrogens is 250 g/mol. The van der Waals surface area contributed by atoms with E-state index in [-0.39, 0.29) is 6.09 Å². The topological polar surface area (TPSA) is 29.5 Å². The first-order valence-electron chi connectivity index (χ1n) is 8.03. The Morgan fingerprint density at radius 2 is 2.15 bits per heavy atom. The molecule has 0 fully saturated rings. The second kappa shape index (κ2) is 9.62. The molecule has 0 atom stereocenters. The van der Waals surface area contributed by atoms with Gasteiger partial charge in [0.25, 0.3) is 0 Å². The molecule has 1 rings (SSSR count). The Bertz CT molecular complexity index is 358. The number of rotatable bonds is 7. The molecule has 0 radical (unpaired) electrons. The molecule has 3 heteroatoms. The number of ether oxygens (including phenoxy) is 1. The van der Waals surface area contributed by atoms with Crippen LogP contribution in [-0.4, -0.2) is 30.7 Å². The molecule has 20 heavy (non-hydrogen) atoms. The van der Waals surface area contributed by atoms with Gasteiger partial charge < -0.3 is 9.64 Å². The molecule has 0 saturated heterocycles. The van der Waals surface area contributed by atoms with Gasteiger partial charge in [-0.3, -0.25) is 0 Å². The third-order valence-corrected chi connectivity index (χ3v) is 3.57. The maximum atomic E-state index is 11.9. The van der Waals surface area contributed by atoms with Gasteiger partial charge in [0.15, 0.2) is 0 Å². The molecule has 1 aliphatic heterocycles. The molecule has 0 aliphatic carbocycles. The van der Waals surface area contributed by atoms with E-state index in [0.29, 0.717) is 13.2 Å². The second-order valence-electron chi connectivity index (χ2n) is 5.26. The van der Waals surface area contributed by atoms with E-state index in [2.05, 4.69) is 26.0 Å². The first-order valence-corrected chi connectivity index (χ1v) is 8.03. The quantitative estimate of drug-likeness (QED) is 0.676. The first-order chi connectivity index (χ1) is 9.72. The van der Waals surface area contributed by atoms with Gasteiger partial charge in [-0.2, -0.15) is 0 Å². The maximum absolute atomic E-state index is 11.9. The predicted molar refractivity (Wildman–Crippen MR) is 83.8 cm³/mol. The SMILES string of the molecule is CCC/C=C(\CCCC)C1=CCCN(C(=O)OCC)C1. The number of amides is 1. The summed E-state index contributed by atoms with van der Waals surface area (Å²) in [5, 5.41) is 0. The zero-order chi connectivity index (χ0) is 14.8. The van der Waals surface area contributed by atoms with Crippen molar-refractivity contribution in [2.75, 3.05) is 19.7 Å². The fourth-order valence-corrected chi connectivity index (χ4v) is 2.43. The van der Waals surface area contributed by atoms with Gasteiger partial charge in [0.2, 0.25) is 0 Å². The lowest BCUT2D eigenvalue weighted by molar-refractivity contribution is 0.110. The van der Waals surface area contributed by atoms with E-state index in [4.69, 9.17) is 4.74 Å². The number of hydrogen-bond acceptors (Lipinski definition) is 2. The molecule has 114 valence electrons. The van der Waals surface area contributed by atoms with Gasteiger partial charge >= 0.3 is 6.09 Å². The van der Waals surface area contributed by atoms with Crippen LogP contribution in [0.15, 0.2) is 23.3 Å². The van der Waals surface area contributed by atoms with Gasteiger partial charge in [0.05, 0.1) is 6.61 Å². The van der Waals surface area contributed by atoms with E-state index in [9.17, 15) is 4.79 Å². The van der Waals surface area contributed by atoms with E-state index >= 15 is 0 Å². The molecule has 0 unspecified atom stereocenters. The number of nitrogens with zero attached hydrogens (tertiary/aromatic N) is 1. The highest BCUT2D eigenvalue weighted by Gasteiger charge is 2.20. The highest BCUT2D eigenvalue weighted by Crippen LogP contribution is 2.23. The summed E-state index contributed by atoms with van der Waals surface area (Å²) in [6.45, 7) is 8.20. The van der Waals surface area contributed by atoms with Gasteiger partial charge in [-0.05, 0) is 43.8 Å². The molecule has 1 heterocycles. The predicted octanol–water partition coefficient (Wildman–Crippen LogP) is 4.69. The van der Waals surface area contributed by atoms with Crippen LogP contribution in [0.5, 0.6) is 0 Å². The van der Waals surface area contributed by atoms with Gasteiger partial charge in [-0.1, -0.05) is 38.8 Å². The second-order valence-corrected chi connectivity index (χ2v) is 5.26. The number of unbranched alkanes of at least 4 members (excludes halogenated alkanes) is 2. The molecule has 0 saturated carbocycles. The van der Waals surface area contributed by atoms with Crippen molar-refractivity contribution in [1.82, 2.24) is 4.90 Å². The Labute approximate surface area is 123 Å². The van der Waals surface area contributed by atoms with Crippen LogP contribution in [-0.2, 0) is 4.74 Å². The summed E-state index contributed by atoms with van der Waals surface area (Å²) in [7, 11) is 0. The zero-order valence-electron chi connectivity index (χ0n) is 13.3. The third-order valence-electron chi connectivity index (χ3n) is 3.57. The Hall–Kier alpha value is -1.25. The highest BCUT2D eigenvalue weighted by atomic mass is 16.6. The minimum absolute atomic E-state index is 0.177. The van der Waals surface area contributed by atoms with Gasteiger partial charge in [-0.25, -0.2) is 4.79 Å². The van der Waals surface area contributed by atoms with Crippen LogP contribution >= 0.6 is 0 Å². The number of carbonyl (C=O) groups is 1. The molecular formula is C17H29NO2. The van der Waals surface area contributed by atoms with Crippen LogP contribution in [0.4, 0.5) is 4.79 Å². The summed E-state index contributed by atoms with van der Waals surface area (Å²) < 4.78 is 5.11. The van der Waals surface area contributed by atoms with Crippen molar-refractivity contribution in [1.29, 1.82) is 0 Å². The number of carbonyl (C=O) groups excluding carboxylic acids is 1. The molecule has 0 spiro atoms. The Kier molecular flexibility index (Phi) is 8.08. The van der Waals surface area contributed by atoms with Crippen LogP contribution in [0.3, 0.4) is 0 Å². The minimum Gasteiger partial charge on any atom is -0.450 e. The zero-order valence-corrected chi connectivity index (χ0v) is 13.3. The number of allylic oxidation sites excluding steroid dienone is 1. The van der Waals surface area contributed by atoms with E-state index in [0.717, 1.165) is 25.8 Å². The van der Waals surface area contributed by atoms with Gasteiger partial charge in [0, 0.05) is 13.1 Å². The standard InChI is InChI=1S/C17H29NO2/c1-4-7-10-15(11-8-5-2)16-12-9-13-18(14-16)17(19)20-6-3/h10,12H,4-9,11,13-14H2,1-3H3/b15-10+. The van der Waals surface area contributed by atoms with Gasteiger partial charge in [0.1, 0.15) is 0 Å². The lowest BCUT2D eigenvalue weighted by Crippen LogP contribution is -2.36. The summed E-state index contributed by atoms with van der Waals surface area (Å²) in [6, 6.07) is 0. The molecule has 0 aromatic carbocycles. The largest absolute Gasteiger partial charge is 0.450 e. The fourth-order valence-electron chi connectivity index (χ4n) is 2.43. The lowest BCUT2D eigenvalue weighted by Gasteiger charge is -2.28. The average Bonchev–Trinajstić information content (AvgIpc) is 2.48. The Balaban J connectivity index is 2.70. The van der Waals surface area contributed by atoms with Crippen molar-refractivity contribution < 1.29 is 9.53 Å². The maximum Gasteiger partial charge on any atom is 0.410 e. The van der Waals surface area contributed by atoms with Crippen molar-refractivity contribution >= 4 is 6.09 Å². The Morgan fingerprint density at radius 3 is 2.80 bits per heavy atom. The molecule has 0 aromatic heterocycles. The van der Waals surface area contributed by atoms with E-state index in [1.807, 2.05) is 11.8 Å². The first kappa shape index (κ1) is 16.8. The molecule has 1 aliphatic rings. The van der Waals surface area contributed by atoms with Crippen molar-refractivity contribution in [3.05, 3.63) is 23.3 Å². The molecule has 1 amide bonds. The smallest absolute Gasteiger partial charge is 0.410 e. The van der Waals surface area contributed by atoms with Crippen LogP contribution in [0.2, 0.25) is 0 Å². The molecule has 0 aromatic rings. The monoisotopic (exact) mass is 279 g/mol. The van der Waals surface area contributed by atoms with Crippen LogP contribution in [0, 0.1) is 0 Å². The normalized spacial score (nSPS) is 16.1. The Morgan fingerprint density at radius 1 is 1.35 bits per heavy atom. The fraction of sp³-hybridized carbons (Fsp3) is 0.706. The van der Waals surface area contributed by atoms with Crippen LogP contribution in [0.1, 0.15) is 59.3 Å². The summed E-state index contributed by atoms with van der Waals surface area (Å²) in [6.07, 6.45) is 11.2. The van der Waals surface area contributed by atoms with E-state index in [1.165, 1.54) is 30.4 Å². The van der Waals surface area contributed by atoms with Crippen LogP contribution < -0.4 is 0 Å². The highest BCUT2D eigenvalue weighted by molar-refractivity contribution is 5.68. The molecule has 3 nitrogen and oxygen atoms in total. The van der Waals surface area contributed by atoms with E-state index < -0.39 is 0 Å². The molecule has 0 bridgehead atoms. The summed E-state index contributed by atoms with van der Waals surface area (Å²) >= 11 is 0. The molecule has 0 N–H and O–H groups in total. The van der Waals surface area contributed by atoms with Crippen molar-refractivity contribution in [3.63, 3.8) is 0 Å². The number of hydrogen-bond donors (Lipinski definition) is 0. The third kappa shape index (κ3) is 5.40.